The van der Waals surface area contributed by atoms with Crippen molar-refractivity contribution >= 4 is 64.3 Å². The van der Waals surface area contributed by atoms with Crippen LogP contribution in [-0.2, 0) is 36.9 Å². The molecule has 0 saturated carbocycles. The Hall–Kier alpha value is -6.15. The standard InChI is InChI=1S/C24H16N2.C12H8N2O4.CHNS.CNS.Ru/c1-3-7-17(8-4-1)19-13-15-25-23-21(19)11-12-22-20(14-16-26-24(22)23)18-9-5-2-6-10-18;15-7-18-9-2-4-14-11(6-9)10-5-8(12(16)17)1-3-13-10;2*2-1-3;/h1-16H;1-7H,(H,16,17);3H;;/q;;;-1;+2/p-1. The van der Waals surface area contributed by atoms with Gasteiger partial charge in [-0.15, -0.1) is 0 Å². The average Bonchev–Trinajstić information content (AvgIpc) is 3.16. The SMILES string of the molecule is N#C[S-].O=COc1ccnc(-c2cc(C(=O)O)ccn2)c1.[N-]=C=S.[Ru+2].c1ccc(-c2ccnc3c2ccc2c(-c4ccccc4)ccnc23)cc1. The van der Waals surface area contributed by atoms with Gasteiger partial charge in [0.1, 0.15) is 5.75 Å². The maximum absolute atomic E-state index is 10.8. The fourth-order valence-corrected chi connectivity index (χ4v) is 4.95. The summed E-state index contributed by atoms with van der Waals surface area (Å²) in [6, 6.07) is 35.1. The molecule has 4 aromatic heterocycles. The Bertz CT molecular complexity index is 2220. The quantitative estimate of drug-likeness (QED) is 0.0329. The Labute approximate surface area is 316 Å². The number of hydrogen-bond acceptors (Lipinski definition) is 10. The second kappa shape index (κ2) is 20.4. The molecule has 7 rings (SSSR count). The van der Waals surface area contributed by atoms with Crippen LogP contribution in [0.25, 0.3) is 60.9 Å². The van der Waals surface area contributed by atoms with E-state index < -0.39 is 5.97 Å². The maximum Gasteiger partial charge on any atom is 2.00 e. The van der Waals surface area contributed by atoms with E-state index in [0.29, 0.717) is 23.6 Å². The van der Waals surface area contributed by atoms with E-state index >= 15 is 0 Å². The number of thiocarbonyl (C=S) groups is 1. The molecule has 0 radical (unpaired) electrons. The van der Waals surface area contributed by atoms with E-state index in [1.54, 1.807) is 0 Å². The van der Waals surface area contributed by atoms with Gasteiger partial charge in [0, 0.05) is 41.6 Å². The first-order valence-electron chi connectivity index (χ1n) is 14.5. The smallest absolute Gasteiger partial charge is 0.753 e. The van der Waals surface area contributed by atoms with Gasteiger partial charge in [-0.1, -0.05) is 90.4 Å². The molecular weight excluding hydrogens is 770 g/mol. The molecule has 3 aromatic carbocycles. The van der Waals surface area contributed by atoms with E-state index in [-0.39, 0.29) is 25.0 Å². The summed E-state index contributed by atoms with van der Waals surface area (Å²) in [4.78, 5) is 38.5. The molecule has 1 N–H and O–H groups in total. The van der Waals surface area contributed by atoms with Gasteiger partial charge in [-0.2, -0.15) is 5.16 Å². The molecule has 0 saturated heterocycles. The van der Waals surface area contributed by atoms with Crippen molar-refractivity contribution in [3.8, 4) is 44.8 Å². The molecule has 0 atom stereocenters. The van der Waals surface area contributed by atoms with Crippen molar-refractivity contribution in [3.63, 3.8) is 0 Å². The molecule has 0 aliphatic heterocycles. The number of hydrogen-bond donors (Lipinski definition) is 1. The number of nitriles is 1. The normalized spacial score (nSPS) is 9.39. The minimum atomic E-state index is -1.04. The van der Waals surface area contributed by atoms with E-state index in [1.165, 1.54) is 69.5 Å². The van der Waals surface area contributed by atoms with E-state index in [1.807, 2.05) is 24.5 Å². The van der Waals surface area contributed by atoms with Gasteiger partial charge in [-0.3, -0.25) is 24.7 Å². The topological polar surface area (TPSA) is 161 Å². The van der Waals surface area contributed by atoms with Gasteiger partial charge in [-0.25, -0.2) is 10.1 Å². The predicted molar refractivity (Wildman–Crippen MR) is 198 cm³/mol. The molecule has 0 aliphatic carbocycles. The molecule has 0 spiro atoms. The average molecular weight is 794 g/mol. The summed E-state index contributed by atoms with van der Waals surface area (Å²) in [6.45, 7) is 0.306. The number of carboxylic acids is 1. The van der Waals surface area contributed by atoms with Crippen molar-refractivity contribution < 1.29 is 38.9 Å². The Morgan fingerprint density at radius 3 is 1.63 bits per heavy atom. The summed E-state index contributed by atoms with van der Waals surface area (Å²) in [6.07, 6.45) is 6.58. The van der Waals surface area contributed by atoms with Crippen molar-refractivity contribution in [1.82, 2.24) is 19.9 Å². The van der Waals surface area contributed by atoms with Crippen LogP contribution in [0.15, 0.2) is 134 Å². The number of aromatic carboxylic acids is 1. The number of fused-ring (bicyclic) bond motifs is 3. The van der Waals surface area contributed by atoms with Gasteiger partial charge in [0.15, 0.2) is 0 Å². The van der Waals surface area contributed by atoms with E-state index in [9.17, 15) is 9.59 Å². The molecule has 10 nitrogen and oxygen atoms in total. The Morgan fingerprint density at radius 2 is 1.18 bits per heavy atom. The third-order valence-corrected chi connectivity index (χ3v) is 6.98. The number of benzene rings is 3. The largest absolute Gasteiger partial charge is 2.00 e. The summed E-state index contributed by atoms with van der Waals surface area (Å²) in [5.41, 5.74) is 7.58. The van der Waals surface area contributed by atoms with Gasteiger partial charge >= 0.3 is 25.4 Å². The molecule has 0 bridgehead atoms. The minimum absolute atomic E-state index is 0. The molecule has 0 aliphatic rings. The first-order valence-corrected chi connectivity index (χ1v) is 15.3. The third kappa shape index (κ3) is 10.4. The summed E-state index contributed by atoms with van der Waals surface area (Å²) in [5.74, 6) is -0.725. The van der Waals surface area contributed by atoms with Crippen molar-refractivity contribution in [2.45, 2.75) is 0 Å². The molecular formula is C38H24N6O4RuS2. The predicted octanol–water partition coefficient (Wildman–Crippen LogP) is 8.16. The fourth-order valence-electron chi connectivity index (χ4n) is 4.95. The monoisotopic (exact) mass is 794 g/mol. The van der Waals surface area contributed by atoms with Crippen LogP contribution in [0.4, 0.5) is 0 Å². The van der Waals surface area contributed by atoms with Crippen molar-refractivity contribution in [2.75, 3.05) is 0 Å². The number of rotatable bonds is 6. The van der Waals surface area contributed by atoms with Crippen LogP contribution in [0.2, 0.25) is 0 Å². The van der Waals surface area contributed by atoms with E-state index in [2.05, 4.69) is 122 Å². The number of carboxylic acid groups (broad SMARTS) is 1. The van der Waals surface area contributed by atoms with Crippen LogP contribution in [0.5, 0.6) is 5.75 Å². The van der Waals surface area contributed by atoms with Gasteiger partial charge in [-0.05, 0) is 52.6 Å². The van der Waals surface area contributed by atoms with Crippen LogP contribution < -0.4 is 4.74 Å². The van der Waals surface area contributed by atoms with Crippen LogP contribution in [-0.4, -0.2) is 42.6 Å². The molecule has 4 heterocycles. The molecule has 51 heavy (non-hydrogen) atoms. The van der Waals surface area contributed by atoms with Crippen LogP contribution in [0.1, 0.15) is 10.4 Å². The first kappa shape index (κ1) is 39.3. The summed E-state index contributed by atoms with van der Waals surface area (Å²) >= 11 is 7.40. The number of aromatic nitrogens is 4. The van der Waals surface area contributed by atoms with Crippen molar-refractivity contribution in [1.29, 1.82) is 5.26 Å². The van der Waals surface area contributed by atoms with E-state index in [0.717, 1.165) is 21.8 Å². The summed E-state index contributed by atoms with van der Waals surface area (Å²) < 4.78 is 4.68. The van der Waals surface area contributed by atoms with Gasteiger partial charge in [0.2, 0.25) is 0 Å². The molecule has 13 heteroatoms. The first-order chi connectivity index (χ1) is 24.4. The van der Waals surface area contributed by atoms with Gasteiger partial charge < -0.3 is 27.9 Å². The second-order valence-electron chi connectivity index (χ2n) is 9.82. The number of ether oxygens (including phenoxy) is 1. The number of nitrogens with zero attached hydrogens (tertiary/aromatic N) is 6. The van der Waals surface area contributed by atoms with Gasteiger partial charge in [0.05, 0.1) is 28.0 Å². The number of pyridine rings is 4. The van der Waals surface area contributed by atoms with Crippen LogP contribution in [0, 0.1) is 10.7 Å². The number of carbonyl (C=O) groups is 2. The van der Waals surface area contributed by atoms with Crippen molar-refractivity contribution in [2.24, 2.45) is 0 Å². The van der Waals surface area contributed by atoms with Gasteiger partial charge in [0.25, 0.3) is 6.47 Å². The molecule has 0 fully saturated rings. The van der Waals surface area contributed by atoms with E-state index in [4.69, 9.17) is 15.8 Å². The Balaban J connectivity index is 0.000000246. The molecule has 7 aromatic rings. The zero-order valence-electron chi connectivity index (χ0n) is 26.3. The maximum atomic E-state index is 10.8. The third-order valence-electron chi connectivity index (χ3n) is 6.98. The van der Waals surface area contributed by atoms with Crippen molar-refractivity contribution in [3.05, 3.63) is 145 Å². The Morgan fingerprint density at radius 1 is 0.745 bits per heavy atom. The second-order valence-corrected chi connectivity index (χ2v) is 10.2. The molecule has 0 amide bonds. The van der Waals surface area contributed by atoms with Crippen LogP contribution in [0.3, 0.4) is 0 Å². The summed E-state index contributed by atoms with van der Waals surface area (Å²) in [7, 11) is 0. The summed E-state index contributed by atoms with van der Waals surface area (Å²) in [5, 5.41) is 28.1. The Kier molecular flexibility index (Phi) is 15.7. The number of isothiocyanates is 1. The zero-order chi connectivity index (χ0) is 35.7. The zero-order valence-corrected chi connectivity index (χ0v) is 29.7. The van der Waals surface area contributed by atoms with Crippen LogP contribution >= 0.6 is 12.2 Å². The molecule has 0 unspecified atom stereocenters. The number of thiocyanates is 1. The fraction of sp³-hybridized carbons (Fsp3) is 0. The molecule has 250 valence electrons. The minimum Gasteiger partial charge on any atom is -0.753 e. The number of carbonyl (C=O) groups excluding carboxylic acids is 1.